The Morgan fingerprint density at radius 1 is 0.885 bits per heavy atom. The molecular formula is C22H14N2O2. The van der Waals surface area contributed by atoms with Crippen LogP contribution >= 0.6 is 0 Å². The van der Waals surface area contributed by atoms with Gasteiger partial charge in [-0.1, -0.05) is 42.5 Å². The van der Waals surface area contributed by atoms with Gasteiger partial charge in [-0.15, -0.1) is 0 Å². The predicted octanol–water partition coefficient (Wildman–Crippen LogP) is 4.22. The van der Waals surface area contributed by atoms with Gasteiger partial charge in [0, 0.05) is 22.4 Å². The molecule has 0 radical (unpaired) electrons. The maximum absolute atomic E-state index is 12.6. The van der Waals surface area contributed by atoms with Crippen molar-refractivity contribution in [3.63, 3.8) is 0 Å². The largest absolute Gasteiger partial charge is 0.322 e. The lowest BCUT2D eigenvalue weighted by Crippen LogP contribution is -2.12. The summed E-state index contributed by atoms with van der Waals surface area (Å²) in [4.78, 5) is 25.1. The van der Waals surface area contributed by atoms with Crippen LogP contribution in [-0.2, 0) is 6.42 Å². The Morgan fingerprint density at radius 3 is 2.31 bits per heavy atom. The van der Waals surface area contributed by atoms with Gasteiger partial charge in [0.25, 0.3) is 5.91 Å². The molecule has 26 heavy (non-hydrogen) atoms. The fraction of sp³-hybridized carbons (Fsp3) is 0.0455. The number of hydrogen-bond donors (Lipinski definition) is 1. The minimum Gasteiger partial charge on any atom is -0.322 e. The third-order valence-electron chi connectivity index (χ3n) is 4.48. The highest BCUT2D eigenvalue weighted by Gasteiger charge is 2.26. The summed E-state index contributed by atoms with van der Waals surface area (Å²) in [5, 5.41) is 11.5. The highest BCUT2D eigenvalue weighted by atomic mass is 16.1. The van der Waals surface area contributed by atoms with Crippen LogP contribution in [0.5, 0.6) is 0 Å². The van der Waals surface area contributed by atoms with E-state index >= 15 is 0 Å². The lowest BCUT2D eigenvalue weighted by atomic mass is 10.0. The predicted molar refractivity (Wildman–Crippen MR) is 99.0 cm³/mol. The lowest BCUT2D eigenvalue weighted by Gasteiger charge is -2.07. The van der Waals surface area contributed by atoms with Gasteiger partial charge < -0.3 is 5.32 Å². The van der Waals surface area contributed by atoms with Crippen molar-refractivity contribution in [1.82, 2.24) is 0 Å². The third-order valence-corrected chi connectivity index (χ3v) is 4.48. The van der Waals surface area contributed by atoms with E-state index in [1.54, 1.807) is 30.3 Å². The van der Waals surface area contributed by atoms with Crippen LogP contribution in [0.1, 0.15) is 31.8 Å². The quantitative estimate of drug-likeness (QED) is 0.608. The van der Waals surface area contributed by atoms with E-state index < -0.39 is 0 Å². The summed E-state index contributed by atoms with van der Waals surface area (Å²) < 4.78 is 0. The average molecular weight is 338 g/mol. The number of carbonyl (C=O) groups excluding carboxylic acids is 2. The zero-order chi connectivity index (χ0) is 18.1. The molecule has 4 rings (SSSR count). The van der Waals surface area contributed by atoms with Crippen molar-refractivity contribution in [3.05, 3.63) is 89.0 Å². The maximum Gasteiger partial charge on any atom is 0.255 e. The molecule has 1 aliphatic carbocycles. The number of nitriles is 1. The molecule has 0 spiro atoms. The molecule has 1 N–H and O–H groups in total. The molecule has 4 heteroatoms. The Hall–Kier alpha value is -3.71. The molecule has 0 aliphatic heterocycles. The van der Waals surface area contributed by atoms with Crippen LogP contribution in [0.2, 0.25) is 0 Å². The molecule has 0 aromatic heterocycles. The molecule has 0 saturated carbocycles. The molecule has 1 amide bonds. The van der Waals surface area contributed by atoms with Crippen molar-refractivity contribution in [2.45, 2.75) is 6.42 Å². The summed E-state index contributed by atoms with van der Waals surface area (Å²) in [6.07, 6.45) is 0.335. The molecule has 0 heterocycles. The Labute approximate surface area is 150 Å². The Balaban J connectivity index is 1.59. The first kappa shape index (κ1) is 15.8. The highest BCUT2D eigenvalue weighted by molar-refractivity contribution is 6.22. The minimum atomic E-state index is -0.274. The van der Waals surface area contributed by atoms with E-state index in [9.17, 15) is 9.59 Å². The van der Waals surface area contributed by atoms with Gasteiger partial charge >= 0.3 is 0 Å². The Bertz CT molecular complexity index is 1080. The topological polar surface area (TPSA) is 70.0 Å². The molecule has 0 saturated heterocycles. The number of rotatable bonds is 3. The number of nitrogens with one attached hydrogen (secondary N) is 1. The molecule has 0 bridgehead atoms. The van der Waals surface area contributed by atoms with Gasteiger partial charge in [-0.25, -0.2) is 0 Å². The van der Waals surface area contributed by atoms with Gasteiger partial charge in [-0.3, -0.25) is 9.59 Å². The molecule has 0 unspecified atom stereocenters. The number of anilines is 1. The molecule has 0 fully saturated rings. The van der Waals surface area contributed by atoms with E-state index in [1.807, 2.05) is 36.4 Å². The fourth-order valence-electron chi connectivity index (χ4n) is 3.17. The number of carbonyl (C=O) groups is 2. The zero-order valence-electron chi connectivity index (χ0n) is 13.8. The SMILES string of the molecule is N#CCc1ccc(NC(=O)c2ccc3c(c2)C(=O)c2ccccc2-3)cc1. The number of amides is 1. The van der Waals surface area contributed by atoms with Crippen molar-refractivity contribution in [1.29, 1.82) is 5.26 Å². The number of benzene rings is 3. The molecule has 3 aromatic rings. The lowest BCUT2D eigenvalue weighted by molar-refractivity contribution is 0.102. The van der Waals surface area contributed by atoms with E-state index in [2.05, 4.69) is 11.4 Å². The monoisotopic (exact) mass is 338 g/mol. The third kappa shape index (κ3) is 2.66. The minimum absolute atomic E-state index is 0.0499. The summed E-state index contributed by atoms with van der Waals surface area (Å²) in [6, 6.07) is 21.9. The van der Waals surface area contributed by atoms with Crippen LogP contribution in [0.15, 0.2) is 66.7 Å². The average Bonchev–Trinajstić information content (AvgIpc) is 2.96. The second-order valence-corrected chi connectivity index (χ2v) is 6.12. The summed E-state index contributed by atoms with van der Waals surface area (Å²) in [7, 11) is 0. The number of ketones is 1. The fourth-order valence-corrected chi connectivity index (χ4v) is 3.17. The van der Waals surface area contributed by atoms with E-state index in [0.717, 1.165) is 16.7 Å². The molecule has 4 nitrogen and oxygen atoms in total. The van der Waals surface area contributed by atoms with E-state index in [1.165, 1.54) is 0 Å². The van der Waals surface area contributed by atoms with Crippen molar-refractivity contribution in [2.75, 3.05) is 5.32 Å². The molecule has 1 aliphatic rings. The summed E-state index contributed by atoms with van der Waals surface area (Å²) in [5.74, 6) is -0.323. The smallest absolute Gasteiger partial charge is 0.255 e. The zero-order valence-corrected chi connectivity index (χ0v) is 13.8. The van der Waals surface area contributed by atoms with E-state index in [4.69, 9.17) is 5.26 Å². The first-order valence-electron chi connectivity index (χ1n) is 8.23. The second-order valence-electron chi connectivity index (χ2n) is 6.12. The molecule has 3 aromatic carbocycles. The van der Waals surface area contributed by atoms with E-state index in [0.29, 0.717) is 28.8 Å². The van der Waals surface area contributed by atoms with Crippen LogP contribution in [0.25, 0.3) is 11.1 Å². The van der Waals surface area contributed by atoms with Crippen molar-refractivity contribution in [3.8, 4) is 17.2 Å². The summed E-state index contributed by atoms with van der Waals surface area (Å²) >= 11 is 0. The van der Waals surface area contributed by atoms with E-state index in [-0.39, 0.29) is 11.7 Å². The first-order valence-corrected chi connectivity index (χ1v) is 8.23. The van der Waals surface area contributed by atoms with Crippen LogP contribution in [-0.4, -0.2) is 11.7 Å². The molecule has 124 valence electrons. The van der Waals surface area contributed by atoms with Gasteiger partial charge in [0.05, 0.1) is 12.5 Å². The van der Waals surface area contributed by atoms with Crippen molar-refractivity contribution < 1.29 is 9.59 Å². The normalized spacial score (nSPS) is 11.4. The highest BCUT2D eigenvalue weighted by Crippen LogP contribution is 2.36. The van der Waals surface area contributed by atoms with Gasteiger partial charge in [-0.2, -0.15) is 5.26 Å². The van der Waals surface area contributed by atoms with Gasteiger partial charge in [0.1, 0.15) is 0 Å². The number of fused-ring (bicyclic) bond motifs is 3. The van der Waals surface area contributed by atoms with Gasteiger partial charge in [0.2, 0.25) is 0 Å². The Morgan fingerprint density at radius 2 is 1.58 bits per heavy atom. The van der Waals surface area contributed by atoms with Gasteiger partial charge in [0.15, 0.2) is 5.78 Å². The standard InChI is InChI=1S/C22H14N2O2/c23-12-11-14-5-8-16(9-6-14)24-22(26)15-7-10-18-17-3-1-2-4-19(17)21(25)20(18)13-15/h1-10,13H,11H2,(H,24,26). The molecule has 0 atom stereocenters. The first-order chi connectivity index (χ1) is 12.7. The van der Waals surface area contributed by atoms with Crippen LogP contribution in [0.4, 0.5) is 5.69 Å². The number of nitrogens with zero attached hydrogens (tertiary/aromatic N) is 1. The second kappa shape index (κ2) is 6.30. The number of hydrogen-bond acceptors (Lipinski definition) is 3. The van der Waals surface area contributed by atoms with Crippen molar-refractivity contribution >= 4 is 17.4 Å². The van der Waals surface area contributed by atoms with Crippen LogP contribution in [0, 0.1) is 11.3 Å². The van der Waals surface area contributed by atoms with Crippen LogP contribution in [0.3, 0.4) is 0 Å². The molecular weight excluding hydrogens is 324 g/mol. The summed E-state index contributed by atoms with van der Waals surface area (Å²) in [5.41, 5.74) is 4.98. The van der Waals surface area contributed by atoms with Gasteiger partial charge in [-0.05, 0) is 41.0 Å². The van der Waals surface area contributed by atoms with Crippen molar-refractivity contribution in [2.24, 2.45) is 0 Å². The maximum atomic E-state index is 12.6. The Kier molecular flexibility index (Phi) is 3.83. The summed E-state index contributed by atoms with van der Waals surface area (Å²) in [6.45, 7) is 0. The van der Waals surface area contributed by atoms with Crippen LogP contribution < -0.4 is 5.32 Å².